The van der Waals surface area contributed by atoms with E-state index in [1.807, 2.05) is 0 Å². The van der Waals surface area contributed by atoms with Crippen molar-refractivity contribution in [2.24, 2.45) is 0 Å². The predicted octanol–water partition coefficient (Wildman–Crippen LogP) is -1.53. The van der Waals surface area contributed by atoms with Crippen molar-refractivity contribution in [2.75, 3.05) is 40.5 Å². The molecule has 0 unspecified atom stereocenters. The zero-order valence-corrected chi connectivity index (χ0v) is 17.6. The molecular weight excluding hydrogens is 449 g/mol. The molecule has 1 aromatic rings. The molecule has 1 rings (SSSR count). The first-order chi connectivity index (χ1) is 10.3. The number of thioether (sulfide) groups is 1. The lowest BCUT2D eigenvalue weighted by Crippen LogP contribution is -3.00. The molecule has 0 radical (unpaired) electrons. The molecule has 10 heteroatoms. The maximum atomic E-state index is 10.4. The number of hydrogen-bond acceptors (Lipinski definition) is 7. The number of hydrogen-bond donors (Lipinski definition) is 2. The second kappa shape index (κ2) is 11.0. The van der Waals surface area contributed by atoms with E-state index in [-0.39, 0.29) is 24.0 Å². The third kappa shape index (κ3) is 10.7. The zero-order chi connectivity index (χ0) is 16.6. The Hall–Kier alpha value is -0.590. The van der Waals surface area contributed by atoms with Gasteiger partial charge in [-0.3, -0.25) is 10.1 Å². The molecule has 0 amide bonds. The molecular formula is C13H24IN5O2S2. The average Bonchev–Trinajstić information content (AvgIpc) is 2.81. The maximum Gasteiger partial charge on any atom is 0.274 e. The molecule has 1 aromatic heterocycles. The van der Waals surface area contributed by atoms with Crippen molar-refractivity contribution in [1.29, 1.82) is 0 Å². The van der Waals surface area contributed by atoms with Crippen LogP contribution < -0.4 is 34.6 Å². The summed E-state index contributed by atoms with van der Waals surface area (Å²) < 4.78 is 0.875. The highest BCUT2D eigenvalue weighted by Crippen LogP contribution is 2.17. The minimum atomic E-state index is -0.476. The first-order valence-corrected chi connectivity index (χ1v) is 8.92. The number of aromatic nitrogens is 1. The lowest BCUT2D eigenvalue weighted by Gasteiger charge is -2.22. The van der Waals surface area contributed by atoms with Gasteiger partial charge in [0.05, 0.1) is 31.8 Å². The van der Waals surface area contributed by atoms with Gasteiger partial charge in [0.25, 0.3) is 6.20 Å². The molecule has 0 fully saturated rings. The van der Waals surface area contributed by atoms with Crippen LogP contribution in [0.3, 0.4) is 0 Å². The fourth-order valence-electron chi connectivity index (χ4n) is 1.63. The van der Waals surface area contributed by atoms with Gasteiger partial charge in [-0.2, -0.15) is 11.8 Å². The van der Waals surface area contributed by atoms with Gasteiger partial charge < -0.3 is 39.1 Å². The fraction of sp³-hybridized carbons (Fsp3) is 0.615. The van der Waals surface area contributed by atoms with Gasteiger partial charge in [-0.1, -0.05) is 0 Å². The van der Waals surface area contributed by atoms with Gasteiger partial charge in [0, 0.05) is 30.5 Å². The molecule has 0 atom stereocenters. The highest BCUT2D eigenvalue weighted by atomic mass is 127. The molecule has 0 saturated carbocycles. The number of quaternary nitrogens is 1. The Morgan fingerprint density at radius 3 is 2.78 bits per heavy atom. The van der Waals surface area contributed by atoms with E-state index in [9.17, 15) is 10.1 Å². The SMILES string of the molecule is CNC(=C[N+](=O)[O-])NCCSCc1csc(C[N+](C)(C)C)n1.[I-]. The monoisotopic (exact) mass is 473 g/mol. The van der Waals surface area contributed by atoms with Gasteiger partial charge in [-0.15, -0.1) is 11.3 Å². The lowest BCUT2D eigenvalue weighted by atomic mass is 10.5. The second-order valence-corrected chi connectivity index (χ2v) is 7.79. The standard InChI is InChI=1S/C13H24N5O2S2.HI/c1-14-12(7-17(19)20)15-5-6-21-9-11-10-22-13(16-11)8-18(2,3)4;/h7,10,14-15H,5-6,8-9H2,1-4H3;1H/q+1;/p-1. The zero-order valence-electron chi connectivity index (χ0n) is 13.8. The Balaban J connectivity index is 0.00000484. The number of rotatable bonds is 10. The van der Waals surface area contributed by atoms with E-state index in [0.717, 1.165) is 39.4 Å². The van der Waals surface area contributed by atoms with Crippen LogP contribution >= 0.6 is 23.1 Å². The molecule has 0 spiro atoms. The van der Waals surface area contributed by atoms with Crippen LogP contribution in [0.5, 0.6) is 0 Å². The summed E-state index contributed by atoms with van der Waals surface area (Å²) in [5, 5.41) is 19.4. The van der Waals surface area contributed by atoms with Crippen molar-refractivity contribution in [3.63, 3.8) is 0 Å². The van der Waals surface area contributed by atoms with E-state index in [0.29, 0.717) is 12.4 Å². The van der Waals surface area contributed by atoms with Crippen LogP contribution in [-0.2, 0) is 12.3 Å². The van der Waals surface area contributed by atoms with Crippen molar-refractivity contribution < 1.29 is 33.4 Å². The van der Waals surface area contributed by atoms with Crippen molar-refractivity contribution in [3.05, 3.63) is 38.2 Å². The number of nitro groups is 1. The fourth-order valence-corrected chi connectivity index (χ4v) is 3.53. The van der Waals surface area contributed by atoms with E-state index in [1.54, 1.807) is 30.1 Å². The van der Waals surface area contributed by atoms with Gasteiger partial charge in [0.15, 0.2) is 5.82 Å². The van der Waals surface area contributed by atoms with Crippen molar-refractivity contribution in [2.45, 2.75) is 12.3 Å². The van der Waals surface area contributed by atoms with E-state index in [1.165, 1.54) is 0 Å². The summed E-state index contributed by atoms with van der Waals surface area (Å²) in [5.41, 5.74) is 1.10. The molecule has 23 heavy (non-hydrogen) atoms. The minimum absolute atomic E-state index is 0. The summed E-state index contributed by atoms with van der Waals surface area (Å²) in [7, 11) is 8.11. The van der Waals surface area contributed by atoms with E-state index in [4.69, 9.17) is 0 Å². The summed E-state index contributed by atoms with van der Waals surface area (Å²) in [6.45, 7) is 1.61. The molecule has 0 saturated heterocycles. The third-order valence-electron chi connectivity index (χ3n) is 2.52. The molecule has 1 heterocycles. The number of halogens is 1. The molecule has 0 bridgehead atoms. The van der Waals surface area contributed by atoms with Crippen LogP contribution in [0.25, 0.3) is 0 Å². The van der Waals surface area contributed by atoms with Gasteiger partial charge in [0.1, 0.15) is 11.6 Å². The highest BCUT2D eigenvalue weighted by Gasteiger charge is 2.12. The average molecular weight is 473 g/mol. The molecule has 0 aromatic carbocycles. The van der Waals surface area contributed by atoms with Gasteiger partial charge in [0.2, 0.25) is 0 Å². The van der Waals surface area contributed by atoms with Crippen molar-refractivity contribution >= 4 is 23.1 Å². The second-order valence-electron chi connectivity index (χ2n) is 5.74. The molecule has 0 aliphatic carbocycles. The molecule has 0 aliphatic heterocycles. The lowest BCUT2D eigenvalue weighted by molar-refractivity contribution is -0.883. The van der Waals surface area contributed by atoms with Crippen LogP contribution in [0, 0.1) is 10.1 Å². The number of thiazole rings is 1. The first-order valence-electron chi connectivity index (χ1n) is 6.88. The number of nitrogens with one attached hydrogen (secondary N) is 2. The summed E-state index contributed by atoms with van der Waals surface area (Å²) in [6.07, 6.45) is 0.933. The van der Waals surface area contributed by atoms with Gasteiger partial charge >= 0.3 is 0 Å². The predicted molar refractivity (Wildman–Crippen MR) is 92.2 cm³/mol. The largest absolute Gasteiger partial charge is 1.00 e. The van der Waals surface area contributed by atoms with Crippen molar-refractivity contribution in [3.8, 4) is 0 Å². The number of nitrogens with zero attached hydrogens (tertiary/aromatic N) is 3. The summed E-state index contributed by atoms with van der Waals surface area (Å²) in [6, 6.07) is 0. The molecule has 7 nitrogen and oxygen atoms in total. The van der Waals surface area contributed by atoms with Crippen LogP contribution in [0.4, 0.5) is 0 Å². The maximum absolute atomic E-state index is 10.4. The third-order valence-corrected chi connectivity index (χ3v) is 4.40. The van der Waals surface area contributed by atoms with Gasteiger partial charge in [-0.05, 0) is 0 Å². The Morgan fingerprint density at radius 2 is 2.22 bits per heavy atom. The van der Waals surface area contributed by atoms with Crippen LogP contribution in [0.15, 0.2) is 17.4 Å². The highest BCUT2D eigenvalue weighted by molar-refractivity contribution is 7.98. The molecule has 132 valence electrons. The quantitative estimate of drug-likeness (QED) is 0.141. The van der Waals surface area contributed by atoms with Crippen LogP contribution in [0.2, 0.25) is 0 Å². The Labute approximate surface area is 162 Å². The summed E-state index contributed by atoms with van der Waals surface area (Å²) in [5.74, 6) is 2.15. The molecule has 2 N–H and O–H groups in total. The summed E-state index contributed by atoms with van der Waals surface area (Å²) >= 11 is 3.47. The summed E-state index contributed by atoms with van der Waals surface area (Å²) in [4.78, 5) is 14.5. The van der Waals surface area contributed by atoms with Crippen LogP contribution in [-0.4, -0.2) is 54.9 Å². The Kier molecular flexibility index (Phi) is 10.8. The first kappa shape index (κ1) is 22.4. The van der Waals surface area contributed by atoms with Gasteiger partial charge in [-0.25, -0.2) is 4.98 Å². The normalized spacial score (nSPS) is 11.7. The Morgan fingerprint density at radius 1 is 1.52 bits per heavy atom. The Bertz CT molecular complexity index is 517. The van der Waals surface area contributed by atoms with E-state index >= 15 is 0 Å². The van der Waals surface area contributed by atoms with E-state index < -0.39 is 4.92 Å². The topological polar surface area (TPSA) is 80.1 Å². The van der Waals surface area contributed by atoms with E-state index in [2.05, 4.69) is 42.1 Å². The molecule has 0 aliphatic rings. The smallest absolute Gasteiger partial charge is 0.274 e. The minimum Gasteiger partial charge on any atom is -1.00 e. The van der Waals surface area contributed by atoms with Crippen LogP contribution in [0.1, 0.15) is 10.7 Å². The van der Waals surface area contributed by atoms with Crippen molar-refractivity contribution in [1.82, 2.24) is 15.6 Å².